The van der Waals surface area contributed by atoms with Gasteiger partial charge in [0, 0.05) is 35.3 Å². The van der Waals surface area contributed by atoms with Crippen LogP contribution >= 0.6 is 15.9 Å². The molecule has 0 radical (unpaired) electrons. The number of fused-ring (bicyclic) bond motifs is 2. The smallest absolute Gasteiger partial charge is 0.119 e. The molecule has 3 nitrogen and oxygen atoms in total. The van der Waals surface area contributed by atoms with E-state index in [0.717, 1.165) is 36.0 Å². The number of nitrogens with zero attached hydrogens (tertiary/aromatic N) is 2. The molecule has 1 heterocycles. The minimum Gasteiger partial charge on any atom is -0.508 e. The maximum Gasteiger partial charge on any atom is 0.119 e. The van der Waals surface area contributed by atoms with Crippen LogP contribution in [0.25, 0.3) is 0 Å². The Kier molecular flexibility index (Phi) is 4.05. The molecule has 0 aromatic heterocycles. The topological polar surface area (TPSA) is 26.7 Å². The largest absolute Gasteiger partial charge is 0.508 e. The highest BCUT2D eigenvalue weighted by Crippen LogP contribution is 2.37. The molecule has 4 rings (SSSR count). The van der Waals surface area contributed by atoms with Gasteiger partial charge < -0.3 is 10.0 Å². The average molecular weight is 387 g/mol. The maximum atomic E-state index is 10.3. The van der Waals surface area contributed by atoms with Crippen molar-refractivity contribution in [2.24, 2.45) is 0 Å². The normalized spacial score (nSPS) is 23.7. The van der Waals surface area contributed by atoms with Crippen LogP contribution in [0.5, 0.6) is 5.75 Å². The molecular formula is C20H23BrN2O. The lowest BCUT2D eigenvalue weighted by molar-refractivity contribution is 0.163. The Morgan fingerprint density at radius 2 is 1.92 bits per heavy atom. The van der Waals surface area contributed by atoms with Crippen molar-refractivity contribution in [1.82, 2.24) is 4.90 Å². The summed E-state index contributed by atoms with van der Waals surface area (Å²) in [5, 5.41) is 10.3. The second kappa shape index (κ2) is 6.08. The van der Waals surface area contributed by atoms with E-state index in [0.29, 0.717) is 17.8 Å². The number of likely N-dealkylation sites (N-methyl/N-ethyl adjacent to an activating group) is 1. The van der Waals surface area contributed by atoms with Gasteiger partial charge in [-0.15, -0.1) is 0 Å². The molecule has 2 aromatic carbocycles. The highest BCUT2D eigenvalue weighted by atomic mass is 79.9. The molecule has 2 aromatic rings. The van der Waals surface area contributed by atoms with Crippen LogP contribution < -0.4 is 4.90 Å². The zero-order chi connectivity index (χ0) is 16.8. The number of aryl methyl sites for hydroxylation is 1. The van der Waals surface area contributed by atoms with Crippen LogP contribution in [0.3, 0.4) is 0 Å². The van der Waals surface area contributed by atoms with Crippen LogP contribution in [-0.2, 0) is 12.8 Å². The summed E-state index contributed by atoms with van der Waals surface area (Å²) in [7, 11) is 2.23. The number of aromatic hydroxyl groups is 1. The Balaban J connectivity index is 1.74. The summed E-state index contributed by atoms with van der Waals surface area (Å²) in [6.07, 6.45) is 1.92. The van der Waals surface area contributed by atoms with E-state index < -0.39 is 0 Å². The number of hydrogen-bond donors (Lipinski definition) is 1. The molecule has 0 amide bonds. The molecule has 2 aliphatic rings. The number of piperazine rings is 1. The van der Waals surface area contributed by atoms with Crippen molar-refractivity contribution >= 4 is 21.6 Å². The first-order chi connectivity index (χ1) is 11.5. The third-order valence-electron chi connectivity index (χ3n) is 5.66. The number of rotatable bonds is 1. The summed E-state index contributed by atoms with van der Waals surface area (Å²) in [5.41, 5.74) is 5.06. The van der Waals surface area contributed by atoms with Gasteiger partial charge in [0.25, 0.3) is 0 Å². The standard InChI is InChI=1S/C20H23BrN2O/c1-13-10-15(21)6-7-17(13)23-9-8-22(2)18-11-14-4-3-5-20(24)16(14)12-19(18)23/h3-7,10,18-19,24H,8-9,11-12H2,1-2H3. The third kappa shape index (κ3) is 2.62. The van der Waals surface area contributed by atoms with Crippen LogP contribution in [-0.4, -0.2) is 42.2 Å². The van der Waals surface area contributed by atoms with Crippen LogP contribution in [0.1, 0.15) is 16.7 Å². The Labute approximate surface area is 152 Å². The van der Waals surface area contributed by atoms with E-state index >= 15 is 0 Å². The summed E-state index contributed by atoms with van der Waals surface area (Å²) in [6.45, 7) is 4.29. The third-order valence-corrected chi connectivity index (χ3v) is 6.16. The minimum atomic E-state index is 0.407. The Bertz CT molecular complexity index is 776. The van der Waals surface area contributed by atoms with Gasteiger partial charge in [-0.05, 0) is 67.8 Å². The predicted octanol–water partition coefficient (Wildman–Crippen LogP) is 3.75. The van der Waals surface area contributed by atoms with Crippen LogP contribution in [0, 0.1) is 6.92 Å². The number of anilines is 1. The monoisotopic (exact) mass is 386 g/mol. The van der Waals surface area contributed by atoms with Crippen molar-refractivity contribution < 1.29 is 5.11 Å². The second-order valence-electron chi connectivity index (χ2n) is 7.06. The molecule has 126 valence electrons. The Hall–Kier alpha value is -1.52. The van der Waals surface area contributed by atoms with E-state index in [1.165, 1.54) is 16.8 Å². The molecular weight excluding hydrogens is 364 g/mol. The second-order valence-corrected chi connectivity index (χ2v) is 7.98. The van der Waals surface area contributed by atoms with Gasteiger partial charge in [0.05, 0.1) is 0 Å². The average Bonchev–Trinajstić information content (AvgIpc) is 2.56. The highest BCUT2D eigenvalue weighted by Gasteiger charge is 2.39. The first kappa shape index (κ1) is 16.0. The van der Waals surface area contributed by atoms with E-state index in [4.69, 9.17) is 0 Å². The zero-order valence-electron chi connectivity index (χ0n) is 14.2. The summed E-state index contributed by atoms with van der Waals surface area (Å²) < 4.78 is 1.13. The molecule has 1 aliphatic carbocycles. The van der Waals surface area contributed by atoms with Gasteiger partial charge in [0.1, 0.15) is 5.75 Å². The number of phenolic OH excluding ortho intramolecular Hbond substituents is 1. The molecule has 1 saturated heterocycles. The van der Waals surface area contributed by atoms with Crippen LogP contribution in [0.15, 0.2) is 40.9 Å². The van der Waals surface area contributed by atoms with Crippen molar-refractivity contribution in [3.8, 4) is 5.75 Å². The number of phenols is 1. The van der Waals surface area contributed by atoms with E-state index in [1.807, 2.05) is 12.1 Å². The van der Waals surface area contributed by atoms with Gasteiger partial charge in [-0.3, -0.25) is 4.90 Å². The van der Waals surface area contributed by atoms with Gasteiger partial charge in [0.15, 0.2) is 0 Å². The molecule has 0 saturated carbocycles. The number of hydrogen-bond acceptors (Lipinski definition) is 3. The van der Waals surface area contributed by atoms with E-state index in [-0.39, 0.29) is 0 Å². The van der Waals surface area contributed by atoms with Crippen molar-refractivity contribution in [2.75, 3.05) is 25.0 Å². The molecule has 1 aliphatic heterocycles. The van der Waals surface area contributed by atoms with Gasteiger partial charge in [-0.25, -0.2) is 0 Å². The van der Waals surface area contributed by atoms with Crippen molar-refractivity contribution in [3.63, 3.8) is 0 Å². The van der Waals surface area contributed by atoms with Crippen molar-refractivity contribution in [3.05, 3.63) is 57.6 Å². The molecule has 0 spiro atoms. The lowest BCUT2D eigenvalue weighted by Gasteiger charge is -2.50. The lowest BCUT2D eigenvalue weighted by Crippen LogP contribution is -2.61. The first-order valence-corrected chi connectivity index (χ1v) is 9.36. The fourth-order valence-electron chi connectivity index (χ4n) is 4.36. The fourth-order valence-corrected chi connectivity index (χ4v) is 4.83. The Morgan fingerprint density at radius 3 is 2.71 bits per heavy atom. The highest BCUT2D eigenvalue weighted by molar-refractivity contribution is 9.10. The molecule has 0 bridgehead atoms. The van der Waals surface area contributed by atoms with Crippen LogP contribution in [0.2, 0.25) is 0 Å². The van der Waals surface area contributed by atoms with Gasteiger partial charge >= 0.3 is 0 Å². The predicted molar refractivity (Wildman–Crippen MR) is 102 cm³/mol. The molecule has 1 fully saturated rings. The van der Waals surface area contributed by atoms with Gasteiger partial charge in [-0.2, -0.15) is 0 Å². The summed E-state index contributed by atoms with van der Waals surface area (Å²) in [5.74, 6) is 0.451. The van der Waals surface area contributed by atoms with E-state index in [9.17, 15) is 5.11 Å². The van der Waals surface area contributed by atoms with Crippen molar-refractivity contribution in [2.45, 2.75) is 31.8 Å². The van der Waals surface area contributed by atoms with Gasteiger partial charge in [-0.1, -0.05) is 28.1 Å². The van der Waals surface area contributed by atoms with E-state index in [1.54, 1.807) is 0 Å². The SMILES string of the molecule is Cc1cc(Br)ccc1N1CCN(C)C2Cc3cccc(O)c3CC21. The Morgan fingerprint density at radius 1 is 1.08 bits per heavy atom. The van der Waals surface area contributed by atoms with Crippen LogP contribution in [0.4, 0.5) is 5.69 Å². The minimum absolute atomic E-state index is 0.407. The summed E-state index contributed by atoms with van der Waals surface area (Å²) >= 11 is 3.57. The quantitative estimate of drug-likeness (QED) is 0.808. The number of benzene rings is 2. The van der Waals surface area contributed by atoms with Gasteiger partial charge in [0.2, 0.25) is 0 Å². The molecule has 2 unspecified atom stereocenters. The molecule has 24 heavy (non-hydrogen) atoms. The van der Waals surface area contributed by atoms with E-state index in [2.05, 4.69) is 64.0 Å². The summed E-state index contributed by atoms with van der Waals surface area (Å²) in [6, 6.07) is 13.4. The molecule has 2 atom stereocenters. The summed E-state index contributed by atoms with van der Waals surface area (Å²) in [4.78, 5) is 5.05. The number of halogens is 1. The zero-order valence-corrected chi connectivity index (χ0v) is 15.8. The fraction of sp³-hybridized carbons (Fsp3) is 0.400. The maximum absolute atomic E-state index is 10.3. The lowest BCUT2D eigenvalue weighted by atomic mass is 9.81. The molecule has 1 N–H and O–H groups in total. The molecule has 4 heteroatoms. The van der Waals surface area contributed by atoms with Crippen molar-refractivity contribution in [1.29, 1.82) is 0 Å². The first-order valence-electron chi connectivity index (χ1n) is 8.57.